The molecule has 248 valence electrons. The minimum absolute atomic E-state index is 0.170. The van der Waals surface area contributed by atoms with E-state index in [9.17, 15) is 5.11 Å². The SMILES string of the molecule is CCCCc1nc(Cl)c(CO)n1Cc1ccc(-c2ccccc2/C(=N/N)N(N)C(c2ccccc2)(c2ccccc2)c2ccccc2)cc1. The van der Waals surface area contributed by atoms with Gasteiger partial charge < -0.3 is 15.5 Å². The van der Waals surface area contributed by atoms with Gasteiger partial charge in [0.2, 0.25) is 0 Å². The van der Waals surface area contributed by atoms with Crippen LogP contribution in [0, 0.1) is 0 Å². The molecular formula is C41H41ClN6O. The van der Waals surface area contributed by atoms with E-state index in [1.807, 2.05) is 77.4 Å². The molecule has 0 aliphatic rings. The lowest BCUT2D eigenvalue weighted by atomic mass is 9.76. The molecule has 0 atom stereocenters. The van der Waals surface area contributed by atoms with Crippen LogP contribution in [-0.2, 0) is 25.1 Å². The highest BCUT2D eigenvalue weighted by atomic mass is 35.5. The van der Waals surface area contributed by atoms with E-state index in [4.69, 9.17) is 23.3 Å². The predicted molar refractivity (Wildman–Crippen MR) is 199 cm³/mol. The van der Waals surface area contributed by atoms with Crippen molar-refractivity contribution in [3.05, 3.63) is 184 Å². The van der Waals surface area contributed by atoms with Gasteiger partial charge in [-0.15, -0.1) is 0 Å². The zero-order valence-corrected chi connectivity index (χ0v) is 28.3. The van der Waals surface area contributed by atoms with Crippen molar-refractivity contribution in [2.45, 2.75) is 44.9 Å². The second-order valence-electron chi connectivity index (χ2n) is 12.0. The number of imidazole rings is 1. The zero-order valence-electron chi connectivity index (χ0n) is 27.6. The van der Waals surface area contributed by atoms with Crippen molar-refractivity contribution in [2.24, 2.45) is 16.8 Å². The number of aliphatic hydroxyl groups is 1. The van der Waals surface area contributed by atoms with Gasteiger partial charge in [0.25, 0.3) is 0 Å². The van der Waals surface area contributed by atoms with E-state index in [1.165, 1.54) is 0 Å². The van der Waals surface area contributed by atoms with Crippen molar-refractivity contribution in [1.82, 2.24) is 14.6 Å². The average molecular weight is 669 g/mol. The quantitative estimate of drug-likeness (QED) is 0.0405. The Morgan fingerprint density at radius 1 is 0.796 bits per heavy atom. The minimum atomic E-state index is -0.967. The molecule has 0 amide bonds. The van der Waals surface area contributed by atoms with Crippen LogP contribution in [0.5, 0.6) is 0 Å². The van der Waals surface area contributed by atoms with E-state index in [0.29, 0.717) is 23.2 Å². The summed E-state index contributed by atoms with van der Waals surface area (Å²) in [6.07, 6.45) is 2.84. The first-order chi connectivity index (χ1) is 24.0. The van der Waals surface area contributed by atoms with Crippen LogP contribution in [-0.4, -0.2) is 25.5 Å². The zero-order chi connectivity index (χ0) is 34.2. The number of aliphatic hydroxyl groups excluding tert-OH is 1. The summed E-state index contributed by atoms with van der Waals surface area (Å²) in [4.78, 5) is 4.55. The van der Waals surface area contributed by atoms with Crippen LogP contribution in [0.2, 0.25) is 5.15 Å². The fourth-order valence-corrected chi connectivity index (χ4v) is 6.91. The Balaban J connectivity index is 1.42. The topological polar surface area (TPSA) is 106 Å². The maximum absolute atomic E-state index is 10.1. The van der Waals surface area contributed by atoms with Crippen LogP contribution in [0.4, 0.5) is 0 Å². The van der Waals surface area contributed by atoms with Crippen LogP contribution < -0.4 is 11.7 Å². The third-order valence-corrected chi connectivity index (χ3v) is 9.37. The molecule has 0 spiro atoms. The molecule has 0 saturated carbocycles. The first-order valence-corrected chi connectivity index (χ1v) is 16.9. The molecule has 1 aromatic heterocycles. The number of nitrogens with two attached hydrogens (primary N) is 2. The molecule has 0 fully saturated rings. The van der Waals surface area contributed by atoms with Gasteiger partial charge in [0.05, 0.1) is 12.3 Å². The molecule has 5 N–H and O–H groups in total. The van der Waals surface area contributed by atoms with E-state index in [1.54, 1.807) is 5.01 Å². The van der Waals surface area contributed by atoms with Crippen molar-refractivity contribution in [3.63, 3.8) is 0 Å². The van der Waals surface area contributed by atoms with Crippen molar-refractivity contribution >= 4 is 17.4 Å². The largest absolute Gasteiger partial charge is 0.390 e. The second kappa shape index (κ2) is 15.3. The van der Waals surface area contributed by atoms with Gasteiger partial charge in [-0.25, -0.2) is 10.8 Å². The lowest BCUT2D eigenvalue weighted by Crippen LogP contribution is -2.55. The highest BCUT2D eigenvalue weighted by molar-refractivity contribution is 6.30. The first-order valence-electron chi connectivity index (χ1n) is 16.6. The number of unbranched alkanes of at least 4 members (excludes halogenated alkanes) is 1. The number of benzene rings is 5. The van der Waals surface area contributed by atoms with Crippen molar-refractivity contribution in [3.8, 4) is 11.1 Å². The standard InChI is InChI=1S/C41H41ClN6O/c1-2-3-23-38-45-39(42)37(29-49)47(38)28-30-24-26-31(27-25-30)35-21-13-14-22-36(35)40(46-43)48(44)41(32-15-7-4-8-16-32,33-17-9-5-10-18-33)34-19-11-6-12-20-34/h4-22,24-27,49H,2-3,23,28-29,43-44H2,1H3/b46-40-. The maximum Gasteiger partial charge on any atom is 0.171 e. The monoisotopic (exact) mass is 668 g/mol. The number of hydrogen-bond acceptors (Lipinski definition) is 5. The van der Waals surface area contributed by atoms with Crippen molar-refractivity contribution in [1.29, 1.82) is 0 Å². The summed E-state index contributed by atoms with van der Waals surface area (Å²) in [5.41, 5.74) is 6.34. The summed E-state index contributed by atoms with van der Waals surface area (Å²) in [7, 11) is 0. The molecule has 6 rings (SSSR count). The molecule has 5 aromatic carbocycles. The smallest absolute Gasteiger partial charge is 0.171 e. The van der Waals surface area contributed by atoms with Crippen LogP contribution >= 0.6 is 11.6 Å². The molecule has 0 bridgehead atoms. The highest BCUT2D eigenvalue weighted by Gasteiger charge is 2.43. The molecule has 8 heteroatoms. The Bertz CT molecular complexity index is 1900. The van der Waals surface area contributed by atoms with Gasteiger partial charge in [0.1, 0.15) is 11.4 Å². The first kappa shape index (κ1) is 33.7. The predicted octanol–water partition coefficient (Wildman–Crippen LogP) is 7.87. The summed E-state index contributed by atoms with van der Waals surface area (Å²) >= 11 is 6.41. The van der Waals surface area contributed by atoms with E-state index in [2.05, 4.69) is 83.7 Å². The maximum atomic E-state index is 10.1. The van der Waals surface area contributed by atoms with Gasteiger partial charge in [0, 0.05) is 18.5 Å². The molecule has 0 saturated heterocycles. The summed E-state index contributed by atoms with van der Waals surface area (Å²) in [5.74, 6) is 15.0. The summed E-state index contributed by atoms with van der Waals surface area (Å²) in [6, 6.07) is 47.0. The third kappa shape index (κ3) is 6.61. The van der Waals surface area contributed by atoms with Gasteiger partial charge in [-0.1, -0.05) is 164 Å². The summed E-state index contributed by atoms with van der Waals surface area (Å²) in [6.45, 7) is 2.53. The molecule has 1 heterocycles. The fourth-order valence-electron chi connectivity index (χ4n) is 6.65. The van der Waals surface area contributed by atoms with Crippen LogP contribution in [0.25, 0.3) is 11.1 Å². The highest BCUT2D eigenvalue weighted by Crippen LogP contribution is 2.42. The average Bonchev–Trinajstić information content (AvgIpc) is 3.46. The lowest BCUT2D eigenvalue weighted by molar-refractivity contribution is 0.271. The number of hydrogen-bond donors (Lipinski definition) is 3. The number of aromatic nitrogens is 2. The van der Waals surface area contributed by atoms with E-state index in [0.717, 1.165) is 64.0 Å². The number of halogens is 1. The molecule has 49 heavy (non-hydrogen) atoms. The molecule has 0 aliphatic heterocycles. The van der Waals surface area contributed by atoms with Gasteiger partial charge in [-0.05, 0) is 39.8 Å². The Morgan fingerprint density at radius 3 is 1.84 bits per heavy atom. The Labute approximate surface area is 293 Å². The number of aryl methyl sites for hydroxylation is 1. The molecule has 0 aliphatic carbocycles. The molecule has 0 radical (unpaired) electrons. The van der Waals surface area contributed by atoms with Crippen LogP contribution in [0.15, 0.2) is 145 Å². The Kier molecular flexibility index (Phi) is 10.5. The number of amidine groups is 1. The van der Waals surface area contributed by atoms with Crippen molar-refractivity contribution in [2.75, 3.05) is 0 Å². The van der Waals surface area contributed by atoms with Crippen molar-refractivity contribution < 1.29 is 5.11 Å². The van der Waals surface area contributed by atoms with E-state index >= 15 is 0 Å². The number of hydrazine groups is 1. The summed E-state index contributed by atoms with van der Waals surface area (Å²) in [5, 5.41) is 16.5. The summed E-state index contributed by atoms with van der Waals surface area (Å²) < 4.78 is 2.03. The van der Waals surface area contributed by atoms with Crippen LogP contribution in [0.1, 0.15) is 59.1 Å². The second-order valence-corrected chi connectivity index (χ2v) is 12.3. The number of rotatable bonds is 12. The number of hydrazone groups is 1. The fraction of sp³-hybridized carbons (Fsp3) is 0.171. The molecule has 7 nitrogen and oxygen atoms in total. The minimum Gasteiger partial charge on any atom is -0.390 e. The Morgan fingerprint density at radius 2 is 1.33 bits per heavy atom. The lowest BCUT2D eigenvalue weighted by Gasteiger charge is -2.44. The molecule has 0 unspecified atom stereocenters. The normalized spacial score (nSPS) is 11.9. The molecular weight excluding hydrogens is 628 g/mol. The van der Waals surface area contributed by atoms with E-state index < -0.39 is 5.54 Å². The van der Waals surface area contributed by atoms with Gasteiger partial charge in [-0.2, -0.15) is 5.10 Å². The van der Waals surface area contributed by atoms with Gasteiger partial charge in [0.15, 0.2) is 11.0 Å². The number of nitrogens with zero attached hydrogens (tertiary/aromatic N) is 4. The Hall–Kier alpha value is -5.21. The van der Waals surface area contributed by atoms with Crippen LogP contribution in [0.3, 0.4) is 0 Å². The van der Waals surface area contributed by atoms with Gasteiger partial charge in [-0.3, -0.25) is 5.01 Å². The van der Waals surface area contributed by atoms with Gasteiger partial charge >= 0.3 is 0 Å². The molecule has 6 aromatic rings. The third-order valence-electron chi connectivity index (χ3n) is 9.07. The van der Waals surface area contributed by atoms with E-state index in [-0.39, 0.29) is 6.61 Å².